The van der Waals surface area contributed by atoms with Crippen LogP contribution < -0.4 is 0 Å². The van der Waals surface area contributed by atoms with Crippen LogP contribution in [0.25, 0.3) is 0 Å². The van der Waals surface area contributed by atoms with E-state index in [4.69, 9.17) is 37.0 Å². The monoisotopic (exact) mass is 1350 g/mol. The Morgan fingerprint density at radius 3 is 0.674 bits per heavy atom. The molecular formula is C73H142O17P2. The Balaban J connectivity index is 5.22. The molecule has 0 saturated carbocycles. The Labute approximate surface area is 562 Å². The van der Waals surface area contributed by atoms with Gasteiger partial charge in [0.15, 0.2) is 12.2 Å². The summed E-state index contributed by atoms with van der Waals surface area (Å²) in [6, 6.07) is 0. The first-order valence-electron chi connectivity index (χ1n) is 37.7. The molecule has 0 aromatic carbocycles. The second kappa shape index (κ2) is 62.6. The minimum Gasteiger partial charge on any atom is -0.462 e. The highest BCUT2D eigenvalue weighted by Gasteiger charge is 2.30. The number of phosphoric ester groups is 2. The van der Waals surface area contributed by atoms with E-state index in [1.807, 2.05) is 0 Å². The maximum absolute atomic E-state index is 13.0. The number of esters is 4. The summed E-state index contributed by atoms with van der Waals surface area (Å²) in [5.74, 6) is 0.851. The van der Waals surface area contributed by atoms with Crippen molar-refractivity contribution in [3.8, 4) is 0 Å². The van der Waals surface area contributed by atoms with Crippen LogP contribution in [-0.4, -0.2) is 96.7 Å². The van der Waals surface area contributed by atoms with Crippen molar-refractivity contribution in [2.45, 2.75) is 382 Å². The molecule has 0 aliphatic heterocycles. The molecule has 0 aliphatic carbocycles. The quantitative estimate of drug-likeness (QED) is 0.0222. The molecule has 0 amide bonds. The second-order valence-corrected chi connectivity index (χ2v) is 31.1. The van der Waals surface area contributed by atoms with Crippen LogP contribution >= 0.6 is 15.6 Å². The van der Waals surface area contributed by atoms with E-state index in [0.717, 1.165) is 114 Å². The Morgan fingerprint density at radius 2 is 0.457 bits per heavy atom. The van der Waals surface area contributed by atoms with Crippen LogP contribution in [0.15, 0.2) is 0 Å². The average molecular weight is 1350 g/mol. The molecule has 0 saturated heterocycles. The fourth-order valence-corrected chi connectivity index (χ4v) is 12.6. The molecule has 3 N–H and O–H groups in total. The van der Waals surface area contributed by atoms with Crippen LogP contribution in [0.4, 0.5) is 0 Å². The maximum atomic E-state index is 13.0. The summed E-state index contributed by atoms with van der Waals surface area (Å²) in [5.41, 5.74) is 0. The summed E-state index contributed by atoms with van der Waals surface area (Å²) in [4.78, 5) is 72.6. The minimum atomic E-state index is -4.95. The van der Waals surface area contributed by atoms with Gasteiger partial charge >= 0.3 is 39.5 Å². The van der Waals surface area contributed by atoms with E-state index in [2.05, 4.69) is 55.4 Å². The van der Waals surface area contributed by atoms with Gasteiger partial charge in [-0.3, -0.25) is 37.3 Å². The van der Waals surface area contributed by atoms with Crippen LogP contribution in [0, 0.1) is 23.7 Å². The zero-order valence-corrected chi connectivity index (χ0v) is 62.0. The summed E-state index contributed by atoms with van der Waals surface area (Å²) in [5, 5.41) is 10.6. The van der Waals surface area contributed by atoms with Crippen LogP contribution in [0.2, 0.25) is 0 Å². The van der Waals surface area contributed by atoms with Crippen molar-refractivity contribution in [3.05, 3.63) is 0 Å². The van der Waals surface area contributed by atoms with E-state index in [9.17, 15) is 43.2 Å². The molecule has 0 rings (SSSR count). The number of ether oxygens (including phenoxy) is 4. The predicted molar refractivity (Wildman–Crippen MR) is 372 cm³/mol. The van der Waals surface area contributed by atoms with Crippen LogP contribution in [0.5, 0.6) is 0 Å². The molecule has 5 atom stereocenters. The number of phosphoric acid groups is 2. The van der Waals surface area contributed by atoms with Gasteiger partial charge in [-0.05, 0) is 49.4 Å². The van der Waals surface area contributed by atoms with Gasteiger partial charge in [0.1, 0.15) is 19.3 Å². The van der Waals surface area contributed by atoms with Gasteiger partial charge in [0, 0.05) is 25.7 Å². The molecule has 19 heteroatoms. The molecule has 2 unspecified atom stereocenters. The molecule has 0 fully saturated rings. The Kier molecular flexibility index (Phi) is 61.3. The normalized spacial score (nSPS) is 14.2. The fraction of sp³-hybridized carbons (Fsp3) is 0.945. The van der Waals surface area contributed by atoms with Crippen molar-refractivity contribution in [2.24, 2.45) is 23.7 Å². The summed E-state index contributed by atoms with van der Waals surface area (Å²) < 4.78 is 68.4. The molecule has 0 aromatic rings. The maximum Gasteiger partial charge on any atom is 0.472 e. The third-order valence-electron chi connectivity index (χ3n) is 16.8. The number of hydrogen-bond acceptors (Lipinski definition) is 15. The van der Waals surface area contributed by atoms with Gasteiger partial charge in [-0.15, -0.1) is 0 Å². The first-order chi connectivity index (χ1) is 44.1. The summed E-state index contributed by atoms with van der Waals surface area (Å²) >= 11 is 0. The average Bonchev–Trinajstić information content (AvgIpc) is 3.71. The largest absolute Gasteiger partial charge is 0.472 e. The summed E-state index contributed by atoms with van der Waals surface area (Å²) in [6.07, 6.45) is 46.0. The Bertz CT molecular complexity index is 1820. The predicted octanol–water partition coefficient (Wildman–Crippen LogP) is 20.9. The zero-order chi connectivity index (χ0) is 68.2. The standard InChI is InChI=1S/C73H142O17P2/c1-63(2)49-41-33-25-19-15-11-9-10-12-17-21-29-39-47-55-73(78)90-69(60-84-71(76)54-46-38-32-31-36-44-52-66(7)8)62-88-92(81,82)86-58-67(74)57-85-91(79,80)87-61-68(59-83-70(75)53-45-37-28-24-23-27-35-43-51-65(5)6)89-72(77)56-48-40-30-22-18-14-13-16-20-26-34-42-50-64(3)4/h63-69,74H,9-62H2,1-8H3,(H,79,80)(H,81,82)/t67-,68-,69-/m1/s1. The topological polar surface area (TPSA) is 237 Å². The lowest BCUT2D eigenvalue weighted by molar-refractivity contribution is -0.161. The summed E-state index contributed by atoms with van der Waals surface area (Å²) in [6.45, 7) is 14.1. The molecule has 0 aliphatic rings. The van der Waals surface area contributed by atoms with Crippen molar-refractivity contribution in [1.29, 1.82) is 0 Å². The van der Waals surface area contributed by atoms with E-state index < -0.39 is 97.5 Å². The van der Waals surface area contributed by atoms with Crippen LogP contribution in [0.3, 0.4) is 0 Å². The first-order valence-corrected chi connectivity index (χ1v) is 40.7. The van der Waals surface area contributed by atoms with Crippen molar-refractivity contribution in [3.63, 3.8) is 0 Å². The second-order valence-electron chi connectivity index (χ2n) is 28.2. The van der Waals surface area contributed by atoms with Crippen LogP contribution in [-0.2, 0) is 65.4 Å². The SMILES string of the molecule is CC(C)CCCCCCCCCCCCCCCCC(=O)O[C@H](COC(=O)CCCCCCCCC(C)C)COP(=O)(O)OC[C@H](O)COP(=O)(O)OC[C@@H](COC(=O)CCCCCCCCCCC(C)C)OC(=O)CCCCCCCCCCCCCCC(C)C. The van der Waals surface area contributed by atoms with E-state index in [-0.39, 0.29) is 25.7 Å². The van der Waals surface area contributed by atoms with Crippen molar-refractivity contribution < 1.29 is 80.2 Å². The molecule has 0 bridgehead atoms. The number of hydrogen-bond donors (Lipinski definition) is 3. The van der Waals surface area contributed by atoms with E-state index in [0.29, 0.717) is 31.6 Å². The van der Waals surface area contributed by atoms with Gasteiger partial charge < -0.3 is 33.8 Å². The molecule has 0 spiro atoms. The number of rotatable bonds is 70. The van der Waals surface area contributed by atoms with Crippen molar-refractivity contribution >= 4 is 39.5 Å². The van der Waals surface area contributed by atoms with Gasteiger partial charge in [0.05, 0.1) is 26.4 Å². The first kappa shape index (κ1) is 90.1. The lowest BCUT2D eigenvalue weighted by atomic mass is 10.0. The lowest BCUT2D eigenvalue weighted by Gasteiger charge is -2.21. The third kappa shape index (κ3) is 66.7. The number of carbonyl (C=O) groups excluding carboxylic acids is 4. The third-order valence-corrected chi connectivity index (χ3v) is 18.7. The van der Waals surface area contributed by atoms with Gasteiger partial charge in [-0.1, -0.05) is 312 Å². The molecule has 0 radical (unpaired) electrons. The molecule has 0 aromatic heterocycles. The number of aliphatic hydroxyl groups is 1. The Hall–Kier alpha value is -1.94. The lowest BCUT2D eigenvalue weighted by Crippen LogP contribution is -2.30. The molecular weight excluding hydrogens is 1210 g/mol. The van der Waals surface area contributed by atoms with E-state index in [1.165, 1.54) is 161 Å². The van der Waals surface area contributed by atoms with Gasteiger partial charge in [0.2, 0.25) is 0 Å². The molecule has 0 heterocycles. The highest BCUT2D eigenvalue weighted by atomic mass is 31.2. The highest BCUT2D eigenvalue weighted by molar-refractivity contribution is 7.47. The number of unbranched alkanes of at least 4 members (excludes halogenated alkanes) is 36. The van der Waals surface area contributed by atoms with Crippen molar-refractivity contribution in [2.75, 3.05) is 39.6 Å². The Morgan fingerprint density at radius 1 is 0.272 bits per heavy atom. The molecule has 17 nitrogen and oxygen atoms in total. The van der Waals surface area contributed by atoms with Gasteiger partial charge in [-0.2, -0.15) is 0 Å². The highest BCUT2D eigenvalue weighted by Crippen LogP contribution is 2.45. The fourth-order valence-electron chi connectivity index (χ4n) is 11.0. The molecule has 92 heavy (non-hydrogen) atoms. The van der Waals surface area contributed by atoms with Crippen LogP contribution in [0.1, 0.15) is 364 Å². The van der Waals surface area contributed by atoms with Gasteiger partial charge in [-0.25, -0.2) is 9.13 Å². The van der Waals surface area contributed by atoms with Crippen molar-refractivity contribution in [1.82, 2.24) is 0 Å². The smallest absolute Gasteiger partial charge is 0.462 e. The molecule has 546 valence electrons. The van der Waals surface area contributed by atoms with E-state index >= 15 is 0 Å². The number of carbonyl (C=O) groups is 4. The minimum absolute atomic E-state index is 0.106. The number of aliphatic hydroxyl groups excluding tert-OH is 1. The zero-order valence-electron chi connectivity index (χ0n) is 60.2. The van der Waals surface area contributed by atoms with E-state index in [1.54, 1.807) is 0 Å². The summed E-state index contributed by atoms with van der Waals surface area (Å²) in [7, 11) is -9.91. The van der Waals surface area contributed by atoms with Gasteiger partial charge in [0.25, 0.3) is 0 Å².